The van der Waals surface area contributed by atoms with Crippen LogP contribution in [0.5, 0.6) is 0 Å². The first-order valence-electron chi connectivity index (χ1n) is 6.32. The Morgan fingerprint density at radius 3 is 2.52 bits per heavy atom. The standard InChI is InChI=1S/C13H19ClN2O4S/c1-8(2)6-11(13(17)20-3)16-21(18,19)12-5-4-9(14)7-10(12)15/h4-5,7-8,11,16H,6,15H2,1-3H3. The monoisotopic (exact) mass is 334 g/mol. The third-order valence-electron chi connectivity index (χ3n) is 2.75. The van der Waals surface area contributed by atoms with Crippen LogP contribution in [0.1, 0.15) is 20.3 Å². The number of esters is 1. The fourth-order valence-electron chi connectivity index (χ4n) is 1.82. The van der Waals surface area contributed by atoms with E-state index < -0.39 is 22.0 Å². The molecule has 0 radical (unpaired) electrons. The van der Waals surface area contributed by atoms with E-state index in [9.17, 15) is 13.2 Å². The molecule has 8 heteroatoms. The number of carbonyl (C=O) groups is 1. The van der Waals surface area contributed by atoms with Crippen molar-refractivity contribution in [1.29, 1.82) is 0 Å². The predicted molar refractivity (Wildman–Crippen MR) is 81.4 cm³/mol. The van der Waals surface area contributed by atoms with E-state index in [1.807, 2.05) is 13.8 Å². The van der Waals surface area contributed by atoms with Gasteiger partial charge in [0.2, 0.25) is 10.0 Å². The molecular weight excluding hydrogens is 316 g/mol. The Kier molecular flexibility index (Phi) is 6.00. The van der Waals surface area contributed by atoms with Gasteiger partial charge in [0.1, 0.15) is 10.9 Å². The third kappa shape index (κ3) is 4.87. The number of benzene rings is 1. The van der Waals surface area contributed by atoms with Crippen molar-refractivity contribution in [1.82, 2.24) is 4.72 Å². The summed E-state index contributed by atoms with van der Waals surface area (Å²) in [5.74, 6) is -0.529. The third-order valence-corrected chi connectivity index (χ3v) is 4.53. The number of hydrogen-bond acceptors (Lipinski definition) is 5. The van der Waals surface area contributed by atoms with Crippen molar-refractivity contribution >= 4 is 33.3 Å². The lowest BCUT2D eigenvalue weighted by Crippen LogP contribution is -2.42. The number of nitrogen functional groups attached to an aromatic ring is 1. The summed E-state index contributed by atoms with van der Waals surface area (Å²) in [5.41, 5.74) is 5.69. The van der Waals surface area contributed by atoms with Gasteiger partial charge in [-0.3, -0.25) is 4.79 Å². The lowest BCUT2D eigenvalue weighted by molar-refractivity contribution is -0.143. The van der Waals surface area contributed by atoms with Crippen LogP contribution in [0.3, 0.4) is 0 Å². The van der Waals surface area contributed by atoms with Gasteiger partial charge in [0, 0.05) is 5.02 Å². The molecule has 6 nitrogen and oxygen atoms in total. The van der Waals surface area contributed by atoms with Crippen LogP contribution in [-0.4, -0.2) is 27.5 Å². The molecule has 0 aliphatic rings. The number of anilines is 1. The van der Waals surface area contributed by atoms with E-state index in [1.54, 1.807) is 0 Å². The van der Waals surface area contributed by atoms with Crippen LogP contribution in [0.2, 0.25) is 5.02 Å². The fraction of sp³-hybridized carbons (Fsp3) is 0.462. The molecule has 21 heavy (non-hydrogen) atoms. The molecule has 1 aromatic carbocycles. The van der Waals surface area contributed by atoms with Crippen molar-refractivity contribution < 1.29 is 17.9 Å². The Balaban J connectivity index is 3.08. The smallest absolute Gasteiger partial charge is 0.323 e. The Hall–Kier alpha value is -1.31. The number of rotatable bonds is 6. The lowest BCUT2D eigenvalue weighted by atomic mass is 10.1. The number of nitrogens with two attached hydrogens (primary N) is 1. The average molecular weight is 335 g/mol. The first kappa shape index (κ1) is 17.7. The zero-order valence-corrected chi connectivity index (χ0v) is 13.7. The minimum absolute atomic E-state index is 0.0168. The molecule has 1 rings (SSSR count). The van der Waals surface area contributed by atoms with Gasteiger partial charge in [0.25, 0.3) is 0 Å². The van der Waals surface area contributed by atoms with Crippen LogP contribution in [0.4, 0.5) is 5.69 Å². The first-order valence-corrected chi connectivity index (χ1v) is 8.18. The maximum absolute atomic E-state index is 12.3. The van der Waals surface area contributed by atoms with Crippen molar-refractivity contribution in [2.24, 2.45) is 5.92 Å². The van der Waals surface area contributed by atoms with E-state index in [0.717, 1.165) is 0 Å². The molecule has 1 unspecified atom stereocenters. The normalized spacial score (nSPS) is 13.2. The fourth-order valence-corrected chi connectivity index (χ4v) is 3.31. The molecule has 1 aromatic rings. The van der Waals surface area contributed by atoms with Gasteiger partial charge in [-0.1, -0.05) is 25.4 Å². The van der Waals surface area contributed by atoms with E-state index in [1.165, 1.54) is 25.3 Å². The summed E-state index contributed by atoms with van der Waals surface area (Å²) in [7, 11) is -2.73. The van der Waals surface area contributed by atoms with E-state index in [-0.39, 0.29) is 16.5 Å². The second-order valence-corrected chi connectivity index (χ2v) is 7.13. The van der Waals surface area contributed by atoms with Crippen LogP contribution < -0.4 is 10.5 Å². The van der Waals surface area contributed by atoms with E-state index in [4.69, 9.17) is 17.3 Å². The van der Waals surface area contributed by atoms with Crippen molar-refractivity contribution in [3.63, 3.8) is 0 Å². The van der Waals surface area contributed by atoms with Crippen molar-refractivity contribution in [2.45, 2.75) is 31.2 Å². The summed E-state index contributed by atoms with van der Waals surface area (Å²) in [5, 5.41) is 0.332. The molecule has 0 aromatic heterocycles. The lowest BCUT2D eigenvalue weighted by Gasteiger charge is -2.19. The molecule has 0 saturated heterocycles. The summed E-state index contributed by atoms with van der Waals surface area (Å²) < 4.78 is 31.6. The molecule has 0 aliphatic carbocycles. The van der Waals surface area contributed by atoms with Crippen LogP contribution in [-0.2, 0) is 19.6 Å². The Bertz CT molecular complexity index is 617. The Morgan fingerprint density at radius 1 is 1.43 bits per heavy atom. The van der Waals surface area contributed by atoms with Gasteiger partial charge in [0.05, 0.1) is 12.8 Å². The quantitative estimate of drug-likeness (QED) is 0.610. The zero-order chi connectivity index (χ0) is 16.2. The van der Waals surface area contributed by atoms with E-state index in [0.29, 0.717) is 11.4 Å². The van der Waals surface area contributed by atoms with Gasteiger partial charge in [-0.15, -0.1) is 0 Å². The number of methoxy groups -OCH3 is 1. The van der Waals surface area contributed by atoms with Gasteiger partial charge in [-0.25, -0.2) is 8.42 Å². The van der Waals surface area contributed by atoms with Gasteiger partial charge >= 0.3 is 5.97 Å². The molecule has 0 fully saturated rings. The number of sulfonamides is 1. The van der Waals surface area contributed by atoms with E-state index in [2.05, 4.69) is 9.46 Å². The molecule has 0 heterocycles. The van der Waals surface area contributed by atoms with Gasteiger partial charge < -0.3 is 10.5 Å². The Morgan fingerprint density at radius 2 is 2.05 bits per heavy atom. The highest BCUT2D eigenvalue weighted by Crippen LogP contribution is 2.23. The number of halogens is 1. The highest BCUT2D eigenvalue weighted by atomic mass is 35.5. The number of carbonyl (C=O) groups excluding carboxylic acids is 1. The van der Waals surface area contributed by atoms with Crippen molar-refractivity contribution in [3.05, 3.63) is 23.2 Å². The average Bonchev–Trinajstić information content (AvgIpc) is 2.35. The van der Waals surface area contributed by atoms with Crippen LogP contribution in [0.15, 0.2) is 23.1 Å². The molecule has 118 valence electrons. The number of hydrogen-bond donors (Lipinski definition) is 2. The second kappa shape index (κ2) is 7.11. The topological polar surface area (TPSA) is 98.5 Å². The van der Waals surface area contributed by atoms with Gasteiger partial charge in [-0.05, 0) is 30.5 Å². The molecular formula is C13H19ClN2O4S. The number of nitrogens with one attached hydrogen (secondary N) is 1. The molecule has 0 amide bonds. The maximum Gasteiger partial charge on any atom is 0.323 e. The van der Waals surface area contributed by atoms with Crippen molar-refractivity contribution in [3.8, 4) is 0 Å². The number of ether oxygens (including phenoxy) is 1. The van der Waals surface area contributed by atoms with Crippen LogP contribution in [0.25, 0.3) is 0 Å². The summed E-state index contributed by atoms with van der Waals surface area (Å²) in [6.45, 7) is 3.75. The maximum atomic E-state index is 12.3. The second-order valence-electron chi connectivity index (χ2n) is 5.01. The van der Waals surface area contributed by atoms with E-state index >= 15 is 0 Å². The summed E-state index contributed by atoms with van der Waals surface area (Å²) >= 11 is 5.75. The largest absolute Gasteiger partial charge is 0.468 e. The minimum atomic E-state index is -3.94. The zero-order valence-electron chi connectivity index (χ0n) is 12.1. The SMILES string of the molecule is COC(=O)C(CC(C)C)NS(=O)(=O)c1ccc(Cl)cc1N. The van der Waals surface area contributed by atoms with Crippen LogP contribution in [0, 0.1) is 5.92 Å². The predicted octanol–water partition coefficient (Wildman–Crippen LogP) is 1.79. The van der Waals surface area contributed by atoms with Gasteiger partial charge in [-0.2, -0.15) is 4.72 Å². The molecule has 3 N–H and O–H groups in total. The molecule has 0 aliphatic heterocycles. The highest BCUT2D eigenvalue weighted by molar-refractivity contribution is 7.89. The van der Waals surface area contributed by atoms with Crippen molar-refractivity contribution in [2.75, 3.05) is 12.8 Å². The molecule has 0 saturated carbocycles. The molecule has 0 spiro atoms. The summed E-state index contributed by atoms with van der Waals surface area (Å²) in [6.07, 6.45) is 0.319. The molecule has 0 bridgehead atoms. The summed E-state index contributed by atoms with van der Waals surface area (Å²) in [4.78, 5) is 11.6. The Labute approximate surface area is 129 Å². The minimum Gasteiger partial charge on any atom is -0.468 e. The highest BCUT2D eigenvalue weighted by Gasteiger charge is 2.28. The van der Waals surface area contributed by atoms with Gasteiger partial charge in [0.15, 0.2) is 0 Å². The molecule has 1 atom stereocenters. The van der Waals surface area contributed by atoms with Crippen LogP contribution >= 0.6 is 11.6 Å². The summed E-state index contributed by atoms with van der Waals surface area (Å²) in [6, 6.07) is 3.09. The first-order chi connectivity index (χ1) is 9.67.